The highest BCUT2D eigenvalue weighted by molar-refractivity contribution is 5.73. The Balaban J connectivity index is 2.27. The number of carboxylic acid groups (broad SMARTS) is 1. The Morgan fingerprint density at radius 3 is 2.88 bits per heavy atom. The normalized spacial score (nSPS) is 11.2. The number of aromatic nitrogens is 1. The molecule has 0 radical (unpaired) electrons. The first-order valence-corrected chi connectivity index (χ1v) is 5.67. The Kier molecular flexibility index (Phi) is 3.13. The molecule has 0 fully saturated rings. The van der Waals surface area contributed by atoms with Crippen LogP contribution in [0.5, 0.6) is 0 Å². The van der Waals surface area contributed by atoms with Crippen molar-refractivity contribution >= 4 is 17.1 Å². The molecular weight excluding hydrogens is 218 g/mol. The molecule has 0 bridgehead atoms. The van der Waals surface area contributed by atoms with Crippen molar-refractivity contribution in [3.05, 3.63) is 29.7 Å². The van der Waals surface area contributed by atoms with E-state index in [1.54, 1.807) is 0 Å². The number of carboxylic acids is 1. The number of aryl methyl sites for hydroxylation is 1. The molecule has 0 unspecified atom stereocenters. The van der Waals surface area contributed by atoms with Crippen molar-refractivity contribution in [1.82, 2.24) is 4.98 Å². The van der Waals surface area contributed by atoms with Crippen LogP contribution in [0.2, 0.25) is 0 Å². The number of nitrogens with zero attached hydrogens (tertiary/aromatic N) is 1. The van der Waals surface area contributed by atoms with E-state index in [1.807, 2.05) is 18.2 Å². The van der Waals surface area contributed by atoms with E-state index in [9.17, 15) is 4.79 Å². The minimum Gasteiger partial charge on any atom is -0.481 e. The molecule has 90 valence electrons. The second-order valence-corrected chi connectivity index (χ2v) is 4.38. The highest BCUT2D eigenvalue weighted by Crippen LogP contribution is 2.22. The van der Waals surface area contributed by atoms with Gasteiger partial charge in [0, 0.05) is 6.42 Å². The van der Waals surface area contributed by atoms with Crippen LogP contribution in [0.4, 0.5) is 0 Å². The summed E-state index contributed by atoms with van der Waals surface area (Å²) in [6, 6.07) is 5.90. The van der Waals surface area contributed by atoms with Gasteiger partial charge in [0.15, 0.2) is 11.5 Å². The quantitative estimate of drug-likeness (QED) is 0.881. The average Bonchev–Trinajstić information content (AvgIpc) is 2.67. The van der Waals surface area contributed by atoms with Gasteiger partial charge in [-0.05, 0) is 23.6 Å². The lowest BCUT2D eigenvalue weighted by atomic mass is 10.0. The summed E-state index contributed by atoms with van der Waals surface area (Å²) >= 11 is 0. The Bertz CT molecular complexity index is 543. The molecule has 2 aromatic rings. The minimum absolute atomic E-state index is 0.0455. The van der Waals surface area contributed by atoms with E-state index in [-0.39, 0.29) is 6.42 Å². The molecule has 1 N–H and O–H groups in total. The van der Waals surface area contributed by atoms with E-state index in [0.717, 1.165) is 11.1 Å². The van der Waals surface area contributed by atoms with Gasteiger partial charge in [-0.3, -0.25) is 4.79 Å². The summed E-state index contributed by atoms with van der Waals surface area (Å²) in [4.78, 5) is 14.8. The summed E-state index contributed by atoms with van der Waals surface area (Å²) in [6.45, 7) is 4.24. The molecule has 1 aromatic carbocycles. The van der Waals surface area contributed by atoms with E-state index in [4.69, 9.17) is 9.52 Å². The second kappa shape index (κ2) is 4.57. The van der Waals surface area contributed by atoms with Gasteiger partial charge in [-0.15, -0.1) is 0 Å². The lowest BCUT2D eigenvalue weighted by Gasteiger charge is -2.02. The third-order valence-corrected chi connectivity index (χ3v) is 2.68. The van der Waals surface area contributed by atoms with Crippen LogP contribution in [0.3, 0.4) is 0 Å². The summed E-state index contributed by atoms with van der Waals surface area (Å²) in [5, 5.41) is 8.60. The lowest BCUT2D eigenvalue weighted by Crippen LogP contribution is -1.97. The Labute approximate surface area is 99.3 Å². The van der Waals surface area contributed by atoms with Crippen LogP contribution >= 0.6 is 0 Å². The van der Waals surface area contributed by atoms with Crippen molar-refractivity contribution in [3.8, 4) is 0 Å². The first-order chi connectivity index (χ1) is 8.06. The highest BCUT2D eigenvalue weighted by Gasteiger charge is 2.09. The summed E-state index contributed by atoms with van der Waals surface area (Å²) in [5.74, 6) is 0.0944. The molecule has 2 rings (SSSR count). The standard InChI is InChI=1S/C13H15NO3/c1-8(2)9-3-4-11-10(7-9)14-12(17-11)5-6-13(15)16/h3-4,7-8H,5-6H2,1-2H3,(H,15,16). The van der Waals surface area contributed by atoms with Crippen LogP contribution in [-0.2, 0) is 11.2 Å². The molecule has 0 aliphatic carbocycles. The van der Waals surface area contributed by atoms with Gasteiger partial charge >= 0.3 is 5.97 Å². The molecule has 0 aliphatic heterocycles. The lowest BCUT2D eigenvalue weighted by molar-refractivity contribution is -0.137. The summed E-state index contributed by atoms with van der Waals surface area (Å²) in [5.41, 5.74) is 2.72. The van der Waals surface area contributed by atoms with E-state index >= 15 is 0 Å². The molecule has 1 aromatic heterocycles. The first-order valence-electron chi connectivity index (χ1n) is 5.67. The van der Waals surface area contributed by atoms with Gasteiger partial charge in [-0.25, -0.2) is 4.98 Å². The van der Waals surface area contributed by atoms with Crippen molar-refractivity contribution in [1.29, 1.82) is 0 Å². The number of fused-ring (bicyclic) bond motifs is 1. The van der Waals surface area contributed by atoms with Crippen molar-refractivity contribution in [2.75, 3.05) is 0 Å². The third-order valence-electron chi connectivity index (χ3n) is 2.68. The molecule has 0 saturated carbocycles. The smallest absolute Gasteiger partial charge is 0.303 e. The molecule has 17 heavy (non-hydrogen) atoms. The number of carbonyl (C=O) groups is 1. The monoisotopic (exact) mass is 233 g/mol. The van der Waals surface area contributed by atoms with E-state index in [0.29, 0.717) is 18.2 Å². The maximum Gasteiger partial charge on any atom is 0.303 e. The van der Waals surface area contributed by atoms with Gasteiger partial charge < -0.3 is 9.52 Å². The van der Waals surface area contributed by atoms with E-state index in [2.05, 4.69) is 18.8 Å². The fourth-order valence-electron chi connectivity index (χ4n) is 1.67. The number of aliphatic carboxylic acids is 1. The summed E-state index contributed by atoms with van der Waals surface area (Å²) in [6.07, 6.45) is 0.380. The van der Waals surface area contributed by atoms with Crippen LogP contribution in [-0.4, -0.2) is 16.1 Å². The fraction of sp³-hybridized carbons (Fsp3) is 0.385. The molecular formula is C13H15NO3. The number of oxazole rings is 1. The number of benzene rings is 1. The zero-order valence-corrected chi connectivity index (χ0v) is 9.93. The summed E-state index contributed by atoms with van der Waals surface area (Å²) in [7, 11) is 0. The number of rotatable bonds is 4. The third kappa shape index (κ3) is 2.64. The largest absolute Gasteiger partial charge is 0.481 e. The maximum atomic E-state index is 10.5. The molecule has 0 atom stereocenters. The van der Waals surface area contributed by atoms with Crippen LogP contribution < -0.4 is 0 Å². The molecule has 4 heteroatoms. The predicted molar refractivity (Wildman–Crippen MR) is 64.1 cm³/mol. The Hall–Kier alpha value is -1.84. The molecule has 1 heterocycles. The van der Waals surface area contributed by atoms with Crippen molar-refractivity contribution in [2.45, 2.75) is 32.6 Å². The average molecular weight is 233 g/mol. The fourth-order valence-corrected chi connectivity index (χ4v) is 1.67. The highest BCUT2D eigenvalue weighted by atomic mass is 16.4. The van der Waals surface area contributed by atoms with E-state index < -0.39 is 5.97 Å². The topological polar surface area (TPSA) is 63.3 Å². The van der Waals surface area contributed by atoms with Gasteiger partial charge in [0.25, 0.3) is 0 Å². The molecule has 0 saturated heterocycles. The number of hydrogen-bond donors (Lipinski definition) is 1. The second-order valence-electron chi connectivity index (χ2n) is 4.38. The van der Waals surface area contributed by atoms with Crippen LogP contribution in [0, 0.1) is 0 Å². The first kappa shape index (κ1) is 11.6. The molecule has 0 spiro atoms. The minimum atomic E-state index is -0.838. The van der Waals surface area contributed by atoms with E-state index in [1.165, 1.54) is 5.56 Å². The van der Waals surface area contributed by atoms with Crippen LogP contribution in [0.15, 0.2) is 22.6 Å². The maximum absolute atomic E-state index is 10.5. The molecule has 4 nitrogen and oxygen atoms in total. The van der Waals surface area contributed by atoms with Crippen molar-refractivity contribution in [3.63, 3.8) is 0 Å². The Morgan fingerprint density at radius 1 is 1.47 bits per heavy atom. The Morgan fingerprint density at radius 2 is 2.24 bits per heavy atom. The van der Waals surface area contributed by atoms with Gasteiger partial charge in [0.2, 0.25) is 0 Å². The van der Waals surface area contributed by atoms with Gasteiger partial charge in [-0.1, -0.05) is 19.9 Å². The molecule has 0 aliphatic rings. The van der Waals surface area contributed by atoms with Crippen molar-refractivity contribution < 1.29 is 14.3 Å². The SMILES string of the molecule is CC(C)c1ccc2oc(CCC(=O)O)nc2c1. The van der Waals surface area contributed by atoms with Gasteiger partial charge in [0.05, 0.1) is 6.42 Å². The zero-order chi connectivity index (χ0) is 12.4. The van der Waals surface area contributed by atoms with Gasteiger partial charge in [-0.2, -0.15) is 0 Å². The van der Waals surface area contributed by atoms with Crippen LogP contribution in [0.1, 0.15) is 37.6 Å². The summed E-state index contributed by atoms with van der Waals surface area (Å²) < 4.78 is 5.48. The van der Waals surface area contributed by atoms with Crippen LogP contribution in [0.25, 0.3) is 11.1 Å². The predicted octanol–water partition coefficient (Wildman–Crippen LogP) is 2.97. The van der Waals surface area contributed by atoms with Gasteiger partial charge in [0.1, 0.15) is 5.52 Å². The van der Waals surface area contributed by atoms with Crippen molar-refractivity contribution in [2.24, 2.45) is 0 Å². The zero-order valence-electron chi connectivity index (χ0n) is 9.93. The number of hydrogen-bond acceptors (Lipinski definition) is 3. The molecule has 0 amide bonds.